The number of nitrogens with one attached hydrogen (secondary N) is 1. The SMILES string of the molecule is Cc1ccccc1S(=O)(=O)NC1COc2ccccc21. The molecule has 0 radical (unpaired) electrons. The molecule has 3 rings (SSSR count). The molecule has 1 aliphatic heterocycles. The van der Waals surface area contributed by atoms with Gasteiger partial charge in [0.05, 0.1) is 10.9 Å². The van der Waals surface area contributed by atoms with E-state index >= 15 is 0 Å². The predicted octanol–water partition coefficient (Wildman–Crippen LogP) is 2.41. The molecule has 0 aliphatic carbocycles. The van der Waals surface area contributed by atoms with Gasteiger partial charge in [0.25, 0.3) is 0 Å². The van der Waals surface area contributed by atoms with Crippen LogP contribution >= 0.6 is 0 Å². The summed E-state index contributed by atoms with van der Waals surface area (Å²) in [5, 5.41) is 0. The highest BCUT2D eigenvalue weighted by atomic mass is 32.2. The summed E-state index contributed by atoms with van der Waals surface area (Å²) in [7, 11) is -3.55. The van der Waals surface area contributed by atoms with Crippen LogP contribution in [0.1, 0.15) is 17.2 Å². The Hall–Kier alpha value is -1.85. The second-order valence-electron chi connectivity index (χ2n) is 4.79. The van der Waals surface area contributed by atoms with Gasteiger partial charge in [-0.2, -0.15) is 0 Å². The number of benzene rings is 2. The lowest BCUT2D eigenvalue weighted by Gasteiger charge is -2.13. The Balaban J connectivity index is 1.91. The van der Waals surface area contributed by atoms with Gasteiger partial charge in [-0.15, -0.1) is 0 Å². The molecule has 1 aliphatic rings. The van der Waals surface area contributed by atoms with Crippen LogP contribution in [-0.2, 0) is 10.0 Å². The second kappa shape index (κ2) is 4.92. The number of aryl methyl sites for hydroxylation is 1. The van der Waals surface area contributed by atoms with E-state index in [4.69, 9.17) is 4.74 Å². The maximum atomic E-state index is 12.5. The van der Waals surface area contributed by atoms with E-state index in [1.165, 1.54) is 0 Å². The smallest absolute Gasteiger partial charge is 0.241 e. The third-order valence-corrected chi connectivity index (χ3v) is 5.01. The zero-order chi connectivity index (χ0) is 14.2. The molecule has 2 aromatic carbocycles. The molecule has 1 atom stereocenters. The van der Waals surface area contributed by atoms with Crippen molar-refractivity contribution < 1.29 is 13.2 Å². The van der Waals surface area contributed by atoms with Gasteiger partial charge in [0.1, 0.15) is 12.4 Å². The van der Waals surface area contributed by atoms with Crippen LogP contribution < -0.4 is 9.46 Å². The van der Waals surface area contributed by atoms with Crippen LogP contribution in [-0.4, -0.2) is 15.0 Å². The highest BCUT2D eigenvalue weighted by Crippen LogP contribution is 2.32. The van der Waals surface area contributed by atoms with Gasteiger partial charge in [0.2, 0.25) is 10.0 Å². The Labute approximate surface area is 118 Å². The summed E-state index contributed by atoms with van der Waals surface area (Å²) in [5.74, 6) is 0.741. The van der Waals surface area contributed by atoms with Crippen molar-refractivity contribution in [3.63, 3.8) is 0 Å². The fourth-order valence-electron chi connectivity index (χ4n) is 2.37. The molecule has 0 bridgehead atoms. The standard InChI is InChI=1S/C15H15NO3S/c1-11-6-2-5-9-15(11)20(17,18)16-13-10-19-14-8-4-3-7-12(13)14/h2-9,13,16H,10H2,1H3. The normalized spacial score (nSPS) is 17.6. The second-order valence-corrected chi connectivity index (χ2v) is 6.47. The molecule has 104 valence electrons. The van der Waals surface area contributed by atoms with Crippen molar-refractivity contribution in [2.75, 3.05) is 6.61 Å². The molecule has 20 heavy (non-hydrogen) atoms. The molecule has 0 fully saturated rings. The van der Waals surface area contributed by atoms with Crippen molar-refractivity contribution >= 4 is 10.0 Å². The first kappa shape index (κ1) is 13.1. The first-order chi connectivity index (χ1) is 9.58. The number of hydrogen-bond donors (Lipinski definition) is 1. The Bertz CT molecular complexity index is 740. The van der Waals surface area contributed by atoms with Crippen molar-refractivity contribution in [2.45, 2.75) is 17.9 Å². The molecular formula is C15H15NO3S. The minimum atomic E-state index is -3.55. The molecule has 1 unspecified atom stereocenters. The van der Waals surface area contributed by atoms with Crippen LogP contribution in [0.5, 0.6) is 5.75 Å². The molecule has 0 spiro atoms. The van der Waals surface area contributed by atoms with Crippen LogP contribution in [0.4, 0.5) is 0 Å². The maximum absolute atomic E-state index is 12.5. The topological polar surface area (TPSA) is 55.4 Å². The van der Waals surface area contributed by atoms with Gasteiger partial charge >= 0.3 is 0 Å². The van der Waals surface area contributed by atoms with Crippen molar-refractivity contribution in [3.8, 4) is 5.75 Å². The summed E-state index contributed by atoms with van der Waals surface area (Å²) < 4.78 is 33.1. The van der Waals surface area contributed by atoms with Crippen molar-refractivity contribution in [1.29, 1.82) is 0 Å². The van der Waals surface area contributed by atoms with E-state index in [2.05, 4.69) is 4.72 Å². The quantitative estimate of drug-likeness (QED) is 0.944. The van der Waals surface area contributed by atoms with E-state index in [9.17, 15) is 8.42 Å². The van der Waals surface area contributed by atoms with Gasteiger partial charge in [-0.25, -0.2) is 13.1 Å². The first-order valence-electron chi connectivity index (χ1n) is 6.37. The zero-order valence-corrected chi connectivity index (χ0v) is 11.9. The lowest BCUT2D eigenvalue weighted by Crippen LogP contribution is -2.30. The average Bonchev–Trinajstić information content (AvgIpc) is 2.82. The largest absolute Gasteiger partial charge is 0.491 e. The van der Waals surface area contributed by atoms with E-state index in [-0.39, 0.29) is 6.04 Å². The molecule has 2 aromatic rings. The van der Waals surface area contributed by atoms with E-state index in [1.54, 1.807) is 25.1 Å². The monoisotopic (exact) mass is 289 g/mol. The van der Waals surface area contributed by atoms with Gasteiger partial charge in [-0.05, 0) is 24.6 Å². The van der Waals surface area contributed by atoms with Crippen LogP contribution in [0.2, 0.25) is 0 Å². The minimum Gasteiger partial charge on any atom is -0.491 e. The third kappa shape index (κ3) is 2.30. The first-order valence-corrected chi connectivity index (χ1v) is 7.86. The van der Waals surface area contributed by atoms with Crippen LogP contribution in [0.15, 0.2) is 53.4 Å². The predicted molar refractivity (Wildman–Crippen MR) is 76.2 cm³/mol. The Morgan fingerprint density at radius 2 is 1.80 bits per heavy atom. The average molecular weight is 289 g/mol. The summed E-state index contributed by atoms with van der Waals surface area (Å²) in [5.41, 5.74) is 1.61. The highest BCUT2D eigenvalue weighted by molar-refractivity contribution is 7.89. The van der Waals surface area contributed by atoms with Gasteiger partial charge < -0.3 is 4.74 Å². The Morgan fingerprint density at radius 1 is 1.10 bits per heavy atom. The molecule has 0 saturated carbocycles. The lowest BCUT2D eigenvalue weighted by atomic mass is 10.1. The number of sulfonamides is 1. The molecule has 1 heterocycles. The van der Waals surface area contributed by atoms with E-state index < -0.39 is 10.0 Å². The third-order valence-electron chi connectivity index (χ3n) is 3.38. The molecule has 0 amide bonds. The van der Waals surface area contributed by atoms with E-state index in [0.717, 1.165) is 16.9 Å². The van der Waals surface area contributed by atoms with E-state index in [0.29, 0.717) is 11.5 Å². The minimum absolute atomic E-state index is 0.310. The zero-order valence-electron chi connectivity index (χ0n) is 11.0. The summed E-state index contributed by atoms with van der Waals surface area (Å²) >= 11 is 0. The van der Waals surface area contributed by atoms with E-state index in [1.807, 2.05) is 30.3 Å². The number of ether oxygens (including phenoxy) is 1. The number of rotatable bonds is 3. The summed E-state index contributed by atoms with van der Waals surface area (Å²) in [4.78, 5) is 0.310. The molecule has 1 N–H and O–H groups in total. The van der Waals surface area contributed by atoms with Crippen molar-refractivity contribution in [3.05, 3.63) is 59.7 Å². The van der Waals surface area contributed by atoms with Crippen LogP contribution in [0, 0.1) is 6.92 Å². The fraction of sp³-hybridized carbons (Fsp3) is 0.200. The van der Waals surface area contributed by atoms with Gasteiger partial charge in [0, 0.05) is 5.56 Å². The van der Waals surface area contributed by atoms with Crippen molar-refractivity contribution in [2.24, 2.45) is 0 Å². The number of para-hydroxylation sites is 1. The summed E-state index contributed by atoms with van der Waals surface area (Å²) in [6, 6.07) is 14.1. The van der Waals surface area contributed by atoms with Gasteiger partial charge in [-0.3, -0.25) is 0 Å². The molecule has 0 saturated heterocycles. The highest BCUT2D eigenvalue weighted by Gasteiger charge is 2.29. The summed E-state index contributed by atoms with van der Waals surface area (Å²) in [6.45, 7) is 2.11. The van der Waals surface area contributed by atoms with Crippen LogP contribution in [0.3, 0.4) is 0 Å². The summed E-state index contributed by atoms with van der Waals surface area (Å²) in [6.07, 6.45) is 0. The van der Waals surface area contributed by atoms with Crippen molar-refractivity contribution in [1.82, 2.24) is 4.72 Å². The number of fused-ring (bicyclic) bond motifs is 1. The Morgan fingerprint density at radius 3 is 2.60 bits per heavy atom. The molecule has 4 nitrogen and oxygen atoms in total. The lowest BCUT2D eigenvalue weighted by molar-refractivity contribution is 0.325. The van der Waals surface area contributed by atoms with Gasteiger partial charge in [-0.1, -0.05) is 36.4 Å². The Kier molecular flexibility index (Phi) is 3.23. The molecule has 5 heteroatoms. The van der Waals surface area contributed by atoms with Crippen LogP contribution in [0.25, 0.3) is 0 Å². The fourth-order valence-corrected chi connectivity index (χ4v) is 3.82. The maximum Gasteiger partial charge on any atom is 0.241 e. The molecule has 0 aromatic heterocycles. The number of hydrogen-bond acceptors (Lipinski definition) is 3. The molecular weight excluding hydrogens is 274 g/mol. The van der Waals surface area contributed by atoms with Gasteiger partial charge in [0.15, 0.2) is 0 Å².